The minimum absolute atomic E-state index is 0.280. The third-order valence-electron chi connectivity index (χ3n) is 2.65. The number of hydrogen-bond donors (Lipinski definition) is 2. The van der Waals surface area contributed by atoms with Gasteiger partial charge in [0.2, 0.25) is 6.41 Å². The standard InChI is InChI=1S/C11H21NO4/c1-11(2,3)16-10(15)12-6-4-8(5-7-12)9(13)14/h8,10,15H,4-7H2,1-3H3,(H,13,14). The van der Waals surface area contributed by atoms with E-state index in [0.717, 1.165) is 0 Å². The summed E-state index contributed by atoms with van der Waals surface area (Å²) in [5.74, 6) is -1.02. The minimum Gasteiger partial charge on any atom is -0.481 e. The molecule has 1 fully saturated rings. The van der Waals surface area contributed by atoms with Gasteiger partial charge in [-0.3, -0.25) is 9.69 Å². The molecule has 0 spiro atoms. The Bertz CT molecular complexity index is 241. The smallest absolute Gasteiger partial charge is 0.306 e. The lowest BCUT2D eigenvalue weighted by Crippen LogP contribution is -2.46. The van der Waals surface area contributed by atoms with E-state index in [1.54, 1.807) is 4.90 Å². The van der Waals surface area contributed by atoms with Gasteiger partial charge in [0.05, 0.1) is 11.5 Å². The van der Waals surface area contributed by atoms with E-state index >= 15 is 0 Å². The van der Waals surface area contributed by atoms with E-state index in [4.69, 9.17) is 9.84 Å². The van der Waals surface area contributed by atoms with Gasteiger partial charge in [-0.05, 0) is 33.6 Å². The summed E-state index contributed by atoms with van der Waals surface area (Å²) in [6.45, 7) is 6.75. The zero-order valence-electron chi connectivity index (χ0n) is 10.1. The van der Waals surface area contributed by atoms with Crippen molar-refractivity contribution in [3.8, 4) is 0 Å². The predicted molar refractivity (Wildman–Crippen MR) is 58.8 cm³/mol. The molecule has 94 valence electrons. The van der Waals surface area contributed by atoms with Crippen LogP contribution in [0, 0.1) is 5.92 Å². The molecular weight excluding hydrogens is 210 g/mol. The monoisotopic (exact) mass is 231 g/mol. The lowest BCUT2D eigenvalue weighted by molar-refractivity contribution is -0.243. The predicted octanol–water partition coefficient (Wildman–Crippen LogP) is 0.874. The number of likely N-dealkylation sites (tertiary alicyclic amines) is 1. The maximum absolute atomic E-state index is 10.7. The summed E-state index contributed by atoms with van der Waals surface area (Å²) in [6, 6.07) is 0. The largest absolute Gasteiger partial charge is 0.481 e. The fourth-order valence-electron chi connectivity index (χ4n) is 1.76. The number of aliphatic hydroxyl groups excluding tert-OH is 1. The second-order valence-electron chi connectivity index (χ2n) is 5.20. The van der Waals surface area contributed by atoms with Crippen molar-refractivity contribution >= 4 is 5.97 Å². The van der Waals surface area contributed by atoms with Crippen LogP contribution in [0.4, 0.5) is 0 Å². The van der Waals surface area contributed by atoms with Gasteiger partial charge < -0.3 is 14.9 Å². The molecule has 1 rings (SSSR count). The molecule has 0 aromatic carbocycles. The highest BCUT2D eigenvalue weighted by Crippen LogP contribution is 2.20. The molecule has 0 amide bonds. The Labute approximate surface area is 96.0 Å². The van der Waals surface area contributed by atoms with Crippen molar-refractivity contribution in [2.24, 2.45) is 5.92 Å². The third kappa shape index (κ3) is 4.08. The molecule has 1 saturated heterocycles. The summed E-state index contributed by atoms with van der Waals surface area (Å²) in [7, 11) is 0. The fraction of sp³-hybridized carbons (Fsp3) is 0.909. The minimum atomic E-state index is -0.935. The van der Waals surface area contributed by atoms with Crippen LogP contribution in [0.15, 0.2) is 0 Å². The van der Waals surface area contributed by atoms with Gasteiger partial charge in [0, 0.05) is 13.1 Å². The Hall–Kier alpha value is -0.650. The molecule has 2 N–H and O–H groups in total. The van der Waals surface area contributed by atoms with Crippen molar-refractivity contribution in [3.05, 3.63) is 0 Å². The summed E-state index contributed by atoms with van der Waals surface area (Å²) < 4.78 is 5.41. The van der Waals surface area contributed by atoms with Crippen LogP contribution in [0.2, 0.25) is 0 Å². The maximum Gasteiger partial charge on any atom is 0.306 e. The van der Waals surface area contributed by atoms with E-state index in [1.165, 1.54) is 0 Å². The number of aliphatic carboxylic acids is 1. The molecular formula is C11H21NO4. The Morgan fingerprint density at radius 2 is 1.88 bits per heavy atom. The molecule has 1 aliphatic rings. The van der Waals surface area contributed by atoms with E-state index in [2.05, 4.69) is 0 Å². The Kier molecular flexibility index (Phi) is 4.29. The van der Waals surface area contributed by atoms with E-state index in [1.807, 2.05) is 20.8 Å². The highest BCUT2D eigenvalue weighted by Gasteiger charge is 2.29. The van der Waals surface area contributed by atoms with Crippen LogP contribution in [0.5, 0.6) is 0 Å². The topological polar surface area (TPSA) is 70.0 Å². The molecule has 1 atom stereocenters. The van der Waals surface area contributed by atoms with Gasteiger partial charge in [-0.15, -0.1) is 0 Å². The van der Waals surface area contributed by atoms with E-state index in [-0.39, 0.29) is 5.92 Å². The van der Waals surface area contributed by atoms with Gasteiger partial charge in [0.1, 0.15) is 0 Å². The first-order valence-electron chi connectivity index (χ1n) is 5.62. The highest BCUT2D eigenvalue weighted by atomic mass is 16.6. The van der Waals surface area contributed by atoms with E-state index in [9.17, 15) is 9.90 Å². The van der Waals surface area contributed by atoms with Crippen molar-refractivity contribution < 1.29 is 19.7 Å². The number of carbonyl (C=O) groups is 1. The van der Waals surface area contributed by atoms with Crippen LogP contribution in [0.3, 0.4) is 0 Å². The molecule has 16 heavy (non-hydrogen) atoms. The van der Waals surface area contributed by atoms with Crippen LogP contribution in [-0.2, 0) is 9.53 Å². The number of piperidine rings is 1. The van der Waals surface area contributed by atoms with Crippen molar-refractivity contribution in [2.45, 2.75) is 45.6 Å². The number of carboxylic acid groups (broad SMARTS) is 1. The Balaban J connectivity index is 2.39. The summed E-state index contributed by atoms with van der Waals surface area (Å²) in [5.41, 5.74) is -0.400. The molecule has 5 nitrogen and oxygen atoms in total. The molecule has 0 saturated carbocycles. The first-order chi connectivity index (χ1) is 7.29. The van der Waals surface area contributed by atoms with Crippen molar-refractivity contribution in [1.29, 1.82) is 0 Å². The quantitative estimate of drug-likeness (QED) is 0.705. The van der Waals surface area contributed by atoms with Gasteiger partial charge in [-0.1, -0.05) is 0 Å². The van der Waals surface area contributed by atoms with Crippen LogP contribution in [-0.4, -0.2) is 46.2 Å². The first-order valence-corrected chi connectivity index (χ1v) is 5.62. The molecule has 0 aliphatic carbocycles. The lowest BCUT2D eigenvalue weighted by Gasteiger charge is -2.36. The third-order valence-corrected chi connectivity index (χ3v) is 2.65. The number of nitrogens with zero attached hydrogens (tertiary/aromatic N) is 1. The summed E-state index contributed by atoms with van der Waals surface area (Å²) in [5, 5.41) is 18.6. The normalized spacial score (nSPS) is 22.0. The molecule has 0 aromatic rings. The van der Waals surface area contributed by atoms with Gasteiger partial charge >= 0.3 is 5.97 Å². The van der Waals surface area contributed by atoms with Gasteiger partial charge in [0.25, 0.3) is 0 Å². The summed E-state index contributed by atoms with van der Waals surface area (Å²) in [6.07, 6.45) is 0.203. The average molecular weight is 231 g/mol. The van der Waals surface area contributed by atoms with Crippen molar-refractivity contribution in [1.82, 2.24) is 4.90 Å². The average Bonchev–Trinajstić information content (AvgIpc) is 2.15. The molecule has 5 heteroatoms. The van der Waals surface area contributed by atoms with E-state index in [0.29, 0.717) is 25.9 Å². The zero-order valence-corrected chi connectivity index (χ0v) is 10.1. The van der Waals surface area contributed by atoms with Crippen LogP contribution in [0.25, 0.3) is 0 Å². The zero-order chi connectivity index (χ0) is 12.3. The van der Waals surface area contributed by atoms with Gasteiger partial charge in [0.15, 0.2) is 0 Å². The molecule has 0 aromatic heterocycles. The van der Waals surface area contributed by atoms with Crippen LogP contribution in [0.1, 0.15) is 33.6 Å². The Morgan fingerprint density at radius 1 is 1.38 bits per heavy atom. The second-order valence-corrected chi connectivity index (χ2v) is 5.20. The molecule has 0 bridgehead atoms. The number of hydrogen-bond acceptors (Lipinski definition) is 4. The summed E-state index contributed by atoms with van der Waals surface area (Å²) in [4.78, 5) is 12.5. The number of ether oxygens (including phenoxy) is 1. The number of carboxylic acids is 1. The van der Waals surface area contributed by atoms with Crippen molar-refractivity contribution in [2.75, 3.05) is 13.1 Å². The first kappa shape index (κ1) is 13.4. The van der Waals surface area contributed by atoms with Gasteiger partial charge in [-0.25, -0.2) is 0 Å². The van der Waals surface area contributed by atoms with Crippen LogP contribution >= 0.6 is 0 Å². The summed E-state index contributed by atoms with van der Waals surface area (Å²) >= 11 is 0. The lowest BCUT2D eigenvalue weighted by atomic mass is 9.97. The molecule has 1 unspecified atom stereocenters. The molecule has 0 radical (unpaired) electrons. The van der Waals surface area contributed by atoms with Gasteiger partial charge in [-0.2, -0.15) is 0 Å². The van der Waals surface area contributed by atoms with Crippen LogP contribution < -0.4 is 0 Å². The Morgan fingerprint density at radius 3 is 2.25 bits per heavy atom. The molecule has 1 aliphatic heterocycles. The number of rotatable bonds is 3. The molecule has 1 heterocycles. The fourth-order valence-corrected chi connectivity index (χ4v) is 1.76. The van der Waals surface area contributed by atoms with E-state index < -0.39 is 18.0 Å². The second kappa shape index (κ2) is 5.12. The number of aliphatic hydroxyl groups is 1. The maximum atomic E-state index is 10.7. The van der Waals surface area contributed by atoms with Crippen molar-refractivity contribution in [3.63, 3.8) is 0 Å². The SMILES string of the molecule is CC(C)(C)OC(O)N1CCC(C(=O)O)CC1. The highest BCUT2D eigenvalue weighted by molar-refractivity contribution is 5.70.